The lowest BCUT2D eigenvalue weighted by Crippen LogP contribution is -2.36. The van der Waals surface area contributed by atoms with Crippen LogP contribution in [0.1, 0.15) is 29.6 Å². The fourth-order valence-electron chi connectivity index (χ4n) is 4.03. The third-order valence-electron chi connectivity index (χ3n) is 5.44. The Balaban J connectivity index is 1.47. The van der Waals surface area contributed by atoms with Gasteiger partial charge in [-0.3, -0.25) is 9.69 Å². The summed E-state index contributed by atoms with van der Waals surface area (Å²) in [5.74, 6) is 0.830. The molecule has 0 saturated carbocycles. The summed E-state index contributed by atoms with van der Waals surface area (Å²) in [5, 5.41) is 5.12. The van der Waals surface area contributed by atoms with E-state index in [4.69, 9.17) is 14.7 Å². The molecular formula is C22H24N4O2S2. The van der Waals surface area contributed by atoms with Gasteiger partial charge in [0.15, 0.2) is 0 Å². The molecule has 5 rings (SSSR count). The van der Waals surface area contributed by atoms with Gasteiger partial charge < -0.3 is 10.1 Å². The van der Waals surface area contributed by atoms with Crippen LogP contribution in [0.5, 0.6) is 0 Å². The molecule has 156 valence electrons. The summed E-state index contributed by atoms with van der Waals surface area (Å²) >= 11 is 3.53. The highest BCUT2D eigenvalue weighted by Crippen LogP contribution is 2.42. The largest absolute Gasteiger partial charge is 0.379 e. The van der Waals surface area contributed by atoms with Crippen molar-refractivity contribution < 1.29 is 9.53 Å². The van der Waals surface area contributed by atoms with Gasteiger partial charge >= 0.3 is 0 Å². The predicted molar refractivity (Wildman–Crippen MR) is 120 cm³/mol. The normalized spacial score (nSPS) is 16.7. The molecule has 3 heterocycles. The number of hydrogen-bond acceptors (Lipinski definition) is 7. The third-order valence-corrected chi connectivity index (χ3v) is 7.62. The standard InChI is InChI=1S/C22H24N4O2S2/c1-14(27)23-15-5-7-16(8-6-15)29-21-20-17-3-2-4-18(17)30-22(20)25-19(24-21)13-26-9-11-28-12-10-26/h5-8H,2-4,9-13H2,1H3,(H,23,27). The van der Waals surface area contributed by atoms with E-state index in [1.54, 1.807) is 11.8 Å². The lowest BCUT2D eigenvalue weighted by molar-refractivity contribution is -0.114. The number of aryl methyl sites for hydroxylation is 2. The van der Waals surface area contributed by atoms with Crippen LogP contribution in [-0.2, 0) is 28.9 Å². The van der Waals surface area contributed by atoms with Crippen LogP contribution in [-0.4, -0.2) is 47.1 Å². The van der Waals surface area contributed by atoms with E-state index >= 15 is 0 Å². The van der Waals surface area contributed by atoms with Gasteiger partial charge in [-0.25, -0.2) is 9.97 Å². The van der Waals surface area contributed by atoms with Gasteiger partial charge in [0.25, 0.3) is 0 Å². The van der Waals surface area contributed by atoms with Crippen molar-refractivity contribution in [3.63, 3.8) is 0 Å². The maximum absolute atomic E-state index is 11.3. The number of fused-ring (bicyclic) bond motifs is 3. The van der Waals surface area contributed by atoms with Crippen LogP contribution in [0.15, 0.2) is 34.2 Å². The first-order chi connectivity index (χ1) is 14.7. The average Bonchev–Trinajstić information content (AvgIpc) is 3.31. The minimum atomic E-state index is -0.0606. The summed E-state index contributed by atoms with van der Waals surface area (Å²) in [5.41, 5.74) is 2.26. The van der Waals surface area contributed by atoms with E-state index in [9.17, 15) is 4.79 Å². The summed E-state index contributed by atoms with van der Waals surface area (Å²) in [6, 6.07) is 7.96. The minimum absolute atomic E-state index is 0.0606. The molecule has 2 aliphatic rings. The second-order valence-corrected chi connectivity index (χ2v) is 9.82. The molecule has 0 bridgehead atoms. The number of rotatable bonds is 5. The van der Waals surface area contributed by atoms with Gasteiger partial charge in [-0.05, 0) is 49.1 Å². The fourth-order valence-corrected chi connectivity index (χ4v) is 6.34. The van der Waals surface area contributed by atoms with Crippen LogP contribution in [0.4, 0.5) is 5.69 Å². The molecule has 1 aliphatic carbocycles. The number of anilines is 1. The van der Waals surface area contributed by atoms with Gasteiger partial charge in [-0.15, -0.1) is 11.3 Å². The molecule has 1 aromatic carbocycles. The lowest BCUT2D eigenvalue weighted by Gasteiger charge is -2.25. The van der Waals surface area contributed by atoms with Gasteiger partial charge in [0.2, 0.25) is 5.91 Å². The molecular weight excluding hydrogens is 416 g/mol. The summed E-state index contributed by atoms with van der Waals surface area (Å²) < 4.78 is 5.47. The van der Waals surface area contributed by atoms with Crippen molar-refractivity contribution in [2.75, 3.05) is 31.6 Å². The van der Waals surface area contributed by atoms with Gasteiger partial charge in [-0.1, -0.05) is 11.8 Å². The lowest BCUT2D eigenvalue weighted by atomic mass is 10.2. The molecule has 1 N–H and O–H groups in total. The van der Waals surface area contributed by atoms with Crippen molar-refractivity contribution in [3.05, 3.63) is 40.5 Å². The third kappa shape index (κ3) is 4.23. The number of benzene rings is 1. The molecule has 2 aromatic heterocycles. The van der Waals surface area contributed by atoms with Crippen LogP contribution in [0.25, 0.3) is 10.2 Å². The summed E-state index contributed by atoms with van der Waals surface area (Å²) in [7, 11) is 0. The molecule has 1 aliphatic heterocycles. The highest BCUT2D eigenvalue weighted by molar-refractivity contribution is 7.99. The number of nitrogens with one attached hydrogen (secondary N) is 1. The van der Waals surface area contributed by atoms with Gasteiger partial charge in [0.05, 0.1) is 19.8 Å². The minimum Gasteiger partial charge on any atom is -0.379 e. The number of hydrogen-bond donors (Lipinski definition) is 1. The van der Waals surface area contributed by atoms with E-state index in [1.807, 2.05) is 35.6 Å². The molecule has 8 heteroatoms. The van der Waals surface area contributed by atoms with Crippen LogP contribution < -0.4 is 5.32 Å². The van der Waals surface area contributed by atoms with Crippen molar-refractivity contribution in [2.24, 2.45) is 0 Å². The van der Waals surface area contributed by atoms with E-state index < -0.39 is 0 Å². The predicted octanol–water partition coefficient (Wildman–Crippen LogP) is 4.12. The molecule has 1 saturated heterocycles. The number of amides is 1. The number of thiophene rings is 1. The first-order valence-corrected chi connectivity index (χ1v) is 12.0. The average molecular weight is 441 g/mol. The van der Waals surface area contributed by atoms with Crippen molar-refractivity contribution in [3.8, 4) is 0 Å². The SMILES string of the molecule is CC(=O)Nc1ccc(Sc2nc(CN3CCOCC3)nc3sc4c(c23)CCC4)cc1. The Kier molecular flexibility index (Phi) is 5.73. The summed E-state index contributed by atoms with van der Waals surface area (Å²) in [4.78, 5) is 27.3. The number of morpholine rings is 1. The Bertz CT molecular complexity index is 1070. The van der Waals surface area contributed by atoms with Crippen molar-refractivity contribution in [1.29, 1.82) is 0 Å². The van der Waals surface area contributed by atoms with Crippen LogP contribution in [0.2, 0.25) is 0 Å². The van der Waals surface area contributed by atoms with Crippen LogP contribution in [0, 0.1) is 0 Å². The van der Waals surface area contributed by atoms with E-state index in [-0.39, 0.29) is 5.91 Å². The van der Waals surface area contributed by atoms with Crippen molar-refractivity contribution in [1.82, 2.24) is 14.9 Å². The number of carbonyl (C=O) groups excluding carboxylic acids is 1. The Morgan fingerprint density at radius 1 is 1.20 bits per heavy atom. The van der Waals surface area contributed by atoms with Crippen LogP contribution >= 0.6 is 23.1 Å². The van der Waals surface area contributed by atoms with Gasteiger partial charge in [0.1, 0.15) is 15.7 Å². The number of ether oxygens (including phenoxy) is 1. The van der Waals surface area contributed by atoms with Gasteiger partial charge in [0, 0.05) is 40.9 Å². The number of carbonyl (C=O) groups is 1. The highest BCUT2D eigenvalue weighted by atomic mass is 32.2. The number of aromatic nitrogens is 2. The summed E-state index contributed by atoms with van der Waals surface area (Å²) in [6.45, 7) is 5.69. The van der Waals surface area contributed by atoms with E-state index in [0.717, 1.165) is 72.0 Å². The zero-order valence-electron chi connectivity index (χ0n) is 16.9. The second-order valence-electron chi connectivity index (χ2n) is 7.68. The molecule has 30 heavy (non-hydrogen) atoms. The zero-order valence-corrected chi connectivity index (χ0v) is 18.6. The topological polar surface area (TPSA) is 67.4 Å². The highest BCUT2D eigenvalue weighted by Gasteiger charge is 2.23. The Morgan fingerprint density at radius 3 is 2.77 bits per heavy atom. The zero-order chi connectivity index (χ0) is 20.5. The monoisotopic (exact) mass is 440 g/mol. The van der Waals surface area contributed by atoms with E-state index in [2.05, 4.69) is 10.2 Å². The maximum atomic E-state index is 11.3. The molecule has 1 amide bonds. The summed E-state index contributed by atoms with van der Waals surface area (Å²) in [6.07, 6.45) is 3.50. The quantitative estimate of drug-likeness (QED) is 0.602. The van der Waals surface area contributed by atoms with E-state index in [0.29, 0.717) is 0 Å². The smallest absolute Gasteiger partial charge is 0.221 e. The van der Waals surface area contributed by atoms with Crippen LogP contribution in [0.3, 0.4) is 0 Å². The molecule has 0 radical (unpaired) electrons. The molecule has 6 nitrogen and oxygen atoms in total. The molecule has 0 unspecified atom stereocenters. The maximum Gasteiger partial charge on any atom is 0.221 e. The Labute approximate surface area is 184 Å². The Morgan fingerprint density at radius 2 is 2.00 bits per heavy atom. The molecule has 3 aromatic rings. The second kappa shape index (κ2) is 8.63. The number of nitrogens with zero attached hydrogens (tertiary/aromatic N) is 3. The first-order valence-electron chi connectivity index (χ1n) is 10.3. The molecule has 0 atom stereocenters. The van der Waals surface area contributed by atoms with Crippen molar-refractivity contribution >= 4 is 44.9 Å². The van der Waals surface area contributed by atoms with E-state index in [1.165, 1.54) is 29.2 Å². The fraction of sp³-hybridized carbons (Fsp3) is 0.409. The first kappa shape index (κ1) is 19.9. The molecule has 1 fully saturated rings. The van der Waals surface area contributed by atoms with Gasteiger partial charge in [-0.2, -0.15) is 0 Å². The molecule has 0 spiro atoms. The van der Waals surface area contributed by atoms with Crippen molar-refractivity contribution in [2.45, 2.75) is 42.7 Å². The Hall–Kier alpha value is -2.00.